The summed E-state index contributed by atoms with van der Waals surface area (Å²) in [7, 11) is 1.52. The van der Waals surface area contributed by atoms with Gasteiger partial charge in [-0.3, -0.25) is 0 Å². The monoisotopic (exact) mass is 521 g/mol. The van der Waals surface area contributed by atoms with E-state index in [0.717, 1.165) is 28.8 Å². The van der Waals surface area contributed by atoms with Crippen LogP contribution < -0.4 is 0 Å². The number of oxime groups is 1. The summed E-state index contributed by atoms with van der Waals surface area (Å²) in [5.74, 6) is 0. The first kappa shape index (κ1) is 27.9. The number of aliphatic hydroxyl groups is 3. The van der Waals surface area contributed by atoms with Gasteiger partial charge in [0.2, 0.25) is 0 Å². The average Bonchev–Trinajstić information content (AvgIpc) is 2.87. The Hall–Kier alpha value is -2.69. The van der Waals surface area contributed by atoms with Crippen molar-refractivity contribution >= 4 is 23.5 Å². The molecule has 1 fully saturated rings. The topological polar surface area (TPSA) is 127 Å². The molecule has 5 atom stereocenters. The van der Waals surface area contributed by atoms with E-state index in [1.54, 1.807) is 25.1 Å². The van der Waals surface area contributed by atoms with E-state index in [-0.39, 0.29) is 13.2 Å². The molecule has 3 rings (SSSR count). The fourth-order valence-electron chi connectivity index (χ4n) is 4.05. The van der Waals surface area contributed by atoms with Gasteiger partial charge in [-0.15, -0.1) is 0 Å². The van der Waals surface area contributed by atoms with Crippen molar-refractivity contribution in [1.29, 1.82) is 0 Å². The van der Waals surface area contributed by atoms with Crippen molar-refractivity contribution in [1.82, 2.24) is 0 Å². The highest BCUT2D eigenvalue weighted by Crippen LogP contribution is 2.34. The minimum atomic E-state index is -1.51. The molecular formula is C26H32ClNO8. The lowest BCUT2D eigenvalue weighted by Crippen LogP contribution is -2.55. The van der Waals surface area contributed by atoms with Crippen LogP contribution in [0.2, 0.25) is 5.02 Å². The van der Waals surface area contributed by atoms with E-state index in [9.17, 15) is 20.1 Å². The molecule has 1 heterocycles. The number of carbonyl (C=O) groups excluding carboxylic acids is 1. The molecule has 2 aromatic rings. The number of rotatable bonds is 9. The molecule has 0 saturated carbocycles. The number of nitrogens with zero attached hydrogens (tertiary/aromatic N) is 1. The average molecular weight is 522 g/mol. The second kappa shape index (κ2) is 13.0. The molecule has 3 N–H and O–H groups in total. The van der Waals surface area contributed by atoms with Crippen molar-refractivity contribution in [2.24, 2.45) is 5.16 Å². The molecule has 1 aliphatic rings. The number of benzene rings is 2. The quantitative estimate of drug-likeness (QED) is 0.260. The Kier molecular flexibility index (Phi) is 10.1. The van der Waals surface area contributed by atoms with E-state index < -0.39 is 36.7 Å². The molecule has 0 unspecified atom stereocenters. The third kappa shape index (κ3) is 6.74. The summed E-state index contributed by atoms with van der Waals surface area (Å²) in [6.07, 6.45) is -6.07. The standard InChI is InChI=1S/C26H32ClNO8/c1-4-20(28-33-3)16-8-6-15(7-9-16)12-18-13-17(10-11-19(18)27)25-24(31)23(30)22(29)21(36-25)14-35-26(32)34-5-2/h6-11,13,21-25,29-31H,4-5,12,14H2,1-3H3/b28-20+/t21-,22-,23+,24-,25+/m1/s1. The largest absolute Gasteiger partial charge is 0.508 e. The Morgan fingerprint density at radius 1 is 1.03 bits per heavy atom. The molecule has 10 heteroatoms. The zero-order valence-corrected chi connectivity index (χ0v) is 21.2. The van der Waals surface area contributed by atoms with Crippen molar-refractivity contribution in [2.45, 2.75) is 57.2 Å². The lowest BCUT2D eigenvalue weighted by atomic mass is 9.90. The fourth-order valence-corrected chi connectivity index (χ4v) is 4.23. The Labute approximate surface area is 215 Å². The number of carbonyl (C=O) groups is 1. The molecule has 1 saturated heterocycles. The summed E-state index contributed by atoms with van der Waals surface area (Å²) in [6.45, 7) is 3.42. The van der Waals surface area contributed by atoms with Crippen molar-refractivity contribution in [3.63, 3.8) is 0 Å². The molecule has 0 aliphatic carbocycles. The zero-order valence-electron chi connectivity index (χ0n) is 20.5. The minimum Gasteiger partial charge on any atom is -0.435 e. The van der Waals surface area contributed by atoms with Crippen LogP contribution >= 0.6 is 11.6 Å². The van der Waals surface area contributed by atoms with Crippen LogP contribution in [0.15, 0.2) is 47.6 Å². The number of halogens is 1. The van der Waals surface area contributed by atoms with Crippen LogP contribution in [0.3, 0.4) is 0 Å². The van der Waals surface area contributed by atoms with E-state index in [2.05, 4.69) is 5.16 Å². The van der Waals surface area contributed by atoms with E-state index in [0.29, 0.717) is 17.0 Å². The summed E-state index contributed by atoms with van der Waals surface area (Å²) in [4.78, 5) is 16.4. The van der Waals surface area contributed by atoms with Crippen molar-refractivity contribution < 1.29 is 39.2 Å². The Balaban J connectivity index is 1.78. The predicted molar refractivity (Wildman–Crippen MR) is 133 cm³/mol. The van der Waals surface area contributed by atoms with Crippen LogP contribution in [-0.2, 0) is 25.5 Å². The van der Waals surface area contributed by atoms with Gasteiger partial charge in [0.25, 0.3) is 0 Å². The number of ether oxygens (including phenoxy) is 3. The predicted octanol–water partition coefficient (Wildman–Crippen LogP) is 3.39. The highest BCUT2D eigenvalue weighted by atomic mass is 35.5. The smallest absolute Gasteiger partial charge is 0.435 e. The maximum absolute atomic E-state index is 11.5. The third-order valence-corrected chi connectivity index (χ3v) is 6.33. The minimum absolute atomic E-state index is 0.133. The van der Waals surface area contributed by atoms with Gasteiger partial charge in [-0.1, -0.05) is 60.1 Å². The molecule has 0 bridgehead atoms. The van der Waals surface area contributed by atoms with Gasteiger partial charge in [0, 0.05) is 5.02 Å². The zero-order chi connectivity index (χ0) is 26.2. The fraction of sp³-hybridized carbons (Fsp3) is 0.462. The molecule has 0 amide bonds. The molecule has 9 nitrogen and oxygen atoms in total. The van der Waals surface area contributed by atoms with Gasteiger partial charge in [-0.2, -0.15) is 0 Å². The van der Waals surface area contributed by atoms with Gasteiger partial charge in [0.05, 0.1) is 12.3 Å². The Morgan fingerprint density at radius 2 is 1.75 bits per heavy atom. The van der Waals surface area contributed by atoms with Crippen molar-refractivity contribution in [3.05, 3.63) is 69.7 Å². The van der Waals surface area contributed by atoms with Crippen molar-refractivity contribution in [2.75, 3.05) is 20.3 Å². The van der Waals surface area contributed by atoms with Gasteiger partial charge in [0.15, 0.2) is 0 Å². The molecule has 2 aromatic carbocycles. The molecule has 36 heavy (non-hydrogen) atoms. The first-order valence-electron chi connectivity index (χ1n) is 11.8. The molecule has 0 aromatic heterocycles. The van der Waals surface area contributed by atoms with Crippen LogP contribution in [-0.4, -0.2) is 71.9 Å². The van der Waals surface area contributed by atoms with E-state index in [4.69, 9.17) is 30.6 Å². The highest BCUT2D eigenvalue weighted by Gasteiger charge is 2.44. The summed E-state index contributed by atoms with van der Waals surface area (Å²) in [6, 6.07) is 13.1. The lowest BCUT2D eigenvalue weighted by molar-refractivity contribution is -0.232. The summed E-state index contributed by atoms with van der Waals surface area (Å²) in [5, 5.41) is 35.9. The lowest BCUT2D eigenvalue weighted by Gasteiger charge is -2.40. The first-order valence-corrected chi connectivity index (χ1v) is 12.1. The van der Waals surface area contributed by atoms with E-state index in [1.165, 1.54) is 7.11 Å². The molecule has 196 valence electrons. The number of aliphatic hydroxyl groups excluding tert-OH is 3. The van der Waals surface area contributed by atoms with Gasteiger partial charge in [-0.05, 0) is 48.1 Å². The van der Waals surface area contributed by atoms with E-state index in [1.807, 2.05) is 31.2 Å². The van der Waals surface area contributed by atoms with Gasteiger partial charge < -0.3 is 34.4 Å². The molecule has 0 radical (unpaired) electrons. The van der Waals surface area contributed by atoms with Gasteiger partial charge >= 0.3 is 6.16 Å². The summed E-state index contributed by atoms with van der Waals surface area (Å²) >= 11 is 6.46. The Morgan fingerprint density at radius 3 is 2.39 bits per heavy atom. The molecule has 0 spiro atoms. The molecule has 1 aliphatic heterocycles. The second-order valence-corrected chi connectivity index (χ2v) is 8.77. The normalized spacial score (nSPS) is 24.3. The van der Waals surface area contributed by atoms with Gasteiger partial charge in [0.1, 0.15) is 44.2 Å². The van der Waals surface area contributed by atoms with Crippen LogP contribution in [0.25, 0.3) is 0 Å². The van der Waals surface area contributed by atoms with Crippen LogP contribution in [0.4, 0.5) is 4.79 Å². The highest BCUT2D eigenvalue weighted by molar-refractivity contribution is 6.31. The number of hydrogen-bond donors (Lipinski definition) is 3. The Bertz CT molecular complexity index is 1040. The number of hydrogen-bond acceptors (Lipinski definition) is 9. The SMILES string of the molecule is CCOC(=O)OC[C@H]1O[C@@H](c2ccc(Cl)c(Cc3ccc(/C(CC)=N/OC)cc3)c2)[C@H](O)[C@@H](O)[C@@H]1O. The van der Waals surface area contributed by atoms with Crippen LogP contribution in [0, 0.1) is 0 Å². The van der Waals surface area contributed by atoms with Crippen LogP contribution in [0.1, 0.15) is 48.6 Å². The maximum atomic E-state index is 11.5. The van der Waals surface area contributed by atoms with E-state index >= 15 is 0 Å². The second-order valence-electron chi connectivity index (χ2n) is 8.36. The first-order chi connectivity index (χ1) is 17.3. The maximum Gasteiger partial charge on any atom is 0.508 e. The molecular weight excluding hydrogens is 490 g/mol. The van der Waals surface area contributed by atoms with Crippen molar-refractivity contribution in [3.8, 4) is 0 Å². The summed E-state index contributed by atoms with van der Waals surface area (Å²) in [5.41, 5.74) is 4.16. The summed E-state index contributed by atoms with van der Waals surface area (Å²) < 4.78 is 15.5. The van der Waals surface area contributed by atoms with Crippen LogP contribution in [0.5, 0.6) is 0 Å². The third-order valence-electron chi connectivity index (χ3n) is 5.96. The van der Waals surface area contributed by atoms with Gasteiger partial charge in [-0.25, -0.2) is 4.79 Å².